The van der Waals surface area contributed by atoms with Gasteiger partial charge in [0, 0.05) is 0 Å². The van der Waals surface area contributed by atoms with E-state index in [-0.39, 0.29) is 5.97 Å². The van der Waals surface area contributed by atoms with E-state index in [9.17, 15) is 4.79 Å². The summed E-state index contributed by atoms with van der Waals surface area (Å²) < 4.78 is 4.61. The molecule has 0 atom stereocenters. The van der Waals surface area contributed by atoms with Gasteiger partial charge in [-0.15, -0.1) is 10.2 Å². The molecular formula is C13H11ClN4O2. The number of hydrogen-bond donors (Lipinski definition) is 1. The minimum atomic E-state index is -0.372. The lowest BCUT2D eigenvalue weighted by Gasteiger charge is -2.00. The molecule has 1 aromatic carbocycles. The summed E-state index contributed by atoms with van der Waals surface area (Å²) in [6, 6.07) is 10.1. The van der Waals surface area contributed by atoms with Gasteiger partial charge in [0.2, 0.25) is 0 Å². The van der Waals surface area contributed by atoms with E-state index in [1.807, 2.05) is 0 Å². The largest absolute Gasteiger partial charge is 0.465 e. The van der Waals surface area contributed by atoms with Crippen LogP contribution in [0.25, 0.3) is 0 Å². The fraction of sp³-hybridized carbons (Fsp3) is 0.0769. The summed E-state index contributed by atoms with van der Waals surface area (Å²) in [5.74, 6) is 0.111. The van der Waals surface area contributed by atoms with E-state index in [2.05, 4.69) is 25.5 Å². The standard InChI is InChI=1S/C13H11ClN4O2/c1-20-13(19)10-4-2-9(3-5-10)8-15-17-12-7-6-11(14)16-18-12/h2-8H,1H3,(H,17,18)/b15-8+. The Morgan fingerprint density at radius 3 is 2.60 bits per heavy atom. The number of rotatable bonds is 4. The quantitative estimate of drug-likeness (QED) is 0.531. The molecule has 0 saturated heterocycles. The molecule has 102 valence electrons. The maximum Gasteiger partial charge on any atom is 0.337 e. The highest BCUT2D eigenvalue weighted by atomic mass is 35.5. The van der Waals surface area contributed by atoms with Gasteiger partial charge >= 0.3 is 5.97 Å². The second-order valence-electron chi connectivity index (χ2n) is 3.72. The highest BCUT2D eigenvalue weighted by Gasteiger charge is 2.03. The van der Waals surface area contributed by atoms with Crippen molar-refractivity contribution in [3.63, 3.8) is 0 Å². The molecule has 0 spiro atoms. The van der Waals surface area contributed by atoms with E-state index in [4.69, 9.17) is 11.6 Å². The Morgan fingerprint density at radius 1 is 1.25 bits per heavy atom. The van der Waals surface area contributed by atoms with Crippen LogP contribution in [0.15, 0.2) is 41.5 Å². The van der Waals surface area contributed by atoms with Crippen molar-refractivity contribution in [2.45, 2.75) is 0 Å². The van der Waals surface area contributed by atoms with Crippen LogP contribution in [-0.2, 0) is 4.74 Å². The fourth-order valence-corrected chi connectivity index (χ4v) is 1.47. The van der Waals surface area contributed by atoms with Crippen LogP contribution < -0.4 is 5.43 Å². The molecule has 0 aliphatic carbocycles. The zero-order chi connectivity index (χ0) is 14.4. The molecule has 0 fully saturated rings. The van der Waals surface area contributed by atoms with Crippen LogP contribution in [0, 0.1) is 0 Å². The predicted molar refractivity (Wildman–Crippen MR) is 76.0 cm³/mol. The first-order chi connectivity index (χ1) is 9.69. The van der Waals surface area contributed by atoms with Crippen LogP contribution in [0.1, 0.15) is 15.9 Å². The lowest BCUT2D eigenvalue weighted by Crippen LogP contribution is -2.01. The molecule has 7 heteroatoms. The minimum Gasteiger partial charge on any atom is -0.465 e. The smallest absolute Gasteiger partial charge is 0.337 e. The van der Waals surface area contributed by atoms with Gasteiger partial charge in [-0.25, -0.2) is 4.79 Å². The molecule has 6 nitrogen and oxygen atoms in total. The van der Waals surface area contributed by atoms with E-state index in [1.165, 1.54) is 7.11 Å². The number of aromatic nitrogens is 2. The number of nitrogens with zero attached hydrogens (tertiary/aromatic N) is 3. The molecular weight excluding hydrogens is 280 g/mol. The van der Waals surface area contributed by atoms with Crippen LogP contribution in [-0.4, -0.2) is 29.5 Å². The van der Waals surface area contributed by atoms with Crippen LogP contribution in [0.5, 0.6) is 0 Å². The van der Waals surface area contributed by atoms with Crippen molar-refractivity contribution in [3.05, 3.63) is 52.7 Å². The Hall–Kier alpha value is -2.47. The molecule has 2 rings (SSSR count). The van der Waals surface area contributed by atoms with Crippen molar-refractivity contribution in [2.24, 2.45) is 5.10 Å². The molecule has 0 bridgehead atoms. The second kappa shape index (κ2) is 6.63. The Bertz CT molecular complexity index is 611. The van der Waals surface area contributed by atoms with Gasteiger partial charge in [0.25, 0.3) is 0 Å². The molecule has 1 aromatic heterocycles. The molecule has 1 N–H and O–H groups in total. The van der Waals surface area contributed by atoms with Crippen LogP contribution in [0.3, 0.4) is 0 Å². The maximum absolute atomic E-state index is 11.3. The summed E-state index contributed by atoms with van der Waals surface area (Å²) in [5, 5.41) is 11.8. The zero-order valence-electron chi connectivity index (χ0n) is 10.6. The highest BCUT2D eigenvalue weighted by Crippen LogP contribution is 2.06. The molecule has 0 unspecified atom stereocenters. The topological polar surface area (TPSA) is 76.5 Å². The van der Waals surface area contributed by atoms with E-state index in [1.54, 1.807) is 42.6 Å². The van der Waals surface area contributed by atoms with Crippen LogP contribution >= 0.6 is 11.6 Å². The van der Waals surface area contributed by atoms with Gasteiger partial charge in [0.15, 0.2) is 11.0 Å². The molecule has 0 amide bonds. The van der Waals surface area contributed by atoms with Crippen LogP contribution in [0.2, 0.25) is 5.15 Å². The number of esters is 1. The van der Waals surface area contributed by atoms with E-state index >= 15 is 0 Å². The number of nitrogens with one attached hydrogen (secondary N) is 1. The molecule has 0 aliphatic heterocycles. The Balaban J connectivity index is 1.97. The summed E-state index contributed by atoms with van der Waals surface area (Å²) in [6.07, 6.45) is 1.59. The second-order valence-corrected chi connectivity index (χ2v) is 4.11. The first kappa shape index (κ1) is 14.0. The summed E-state index contributed by atoms with van der Waals surface area (Å²) in [4.78, 5) is 11.3. The molecule has 0 saturated carbocycles. The number of halogens is 1. The number of hydrazone groups is 1. The van der Waals surface area contributed by atoms with E-state index < -0.39 is 0 Å². The molecule has 1 heterocycles. The van der Waals surface area contributed by atoms with Crippen LogP contribution in [0.4, 0.5) is 5.82 Å². The Labute approximate surface area is 120 Å². The predicted octanol–water partition coefficient (Wildman–Crippen LogP) is 2.36. The van der Waals surface area contributed by atoms with Gasteiger partial charge in [-0.3, -0.25) is 5.43 Å². The third-order valence-corrected chi connectivity index (χ3v) is 2.56. The zero-order valence-corrected chi connectivity index (χ0v) is 11.3. The van der Waals surface area contributed by atoms with Gasteiger partial charge in [-0.05, 0) is 29.8 Å². The number of benzene rings is 1. The van der Waals surface area contributed by atoms with Gasteiger partial charge in [0.05, 0.1) is 18.9 Å². The van der Waals surface area contributed by atoms with Crippen molar-refractivity contribution < 1.29 is 9.53 Å². The van der Waals surface area contributed by atoms with Gasteiger partial charge in [-0.1, -0.05) is 23.7 Å². The number of anilines is 1. The summed E-state index contributed by atoms with van der Waals surface area (Å²) in [7, 11) is 1.34. The molecule has 20 heavy (non-hydrogen) atoms. The van der Waals surface area contributed by atoms with Crippen molar-refractivity contribution in [2.75, 3.05) is 12.5 Å². The molecule has 2 aromatic rings. The van der Waals surface area contributed by atoms with Crippen molar-refractivity contribution in [1.29, 1.82) is 0 Å². The number of methoxy groups -OCH3 is 1. The fourth-order valence-electron chi connectivity index (χ4n) is 1.37. The van der Waals surface area contributed by atoms with Gasteiger partial charge in [-0.2, -0.15) is 5.10 Å². The summed E-state index contributed by atoms with van der Waals surface area (Å²) in [6.45, 7) is 0. The first-order valence-corrected chi connectivity index (χ1v) is 6.03. The lowest BCUT2D eigenvalue weighted by atomic mass is 10.1. The number of carbonyl (C=O) groups is 1. The number of hydrogen-bond acceptors (Lipinski definition) is 6. The summed E-state index contributed by atoms with van der Waals surface area (Å²) >= 11 is 5.62. The average molecular weight is 291 g/mol. The van der Waals surface area contributed by atoms with Crippen molar-refractivity contribution in [3.8, 4) is 0 Å². The number of carbonyl (C=O) groups excluding carboxylic acids is 1. The monoisotopic (exact) mass is 290 g/mol. The normalized spacial score (nSPS) is 10.5. The average Bonchev–Trinajstić information content (AvgIpc) is 2.49. The summed E-state index contributed by atoms with van der Waals surface area (Å²) in [5.41, 5.74) is 4.03. The van der Waals surface area contributed by atoms with Crippen molar-refractivity contribution in [1.82, 2.24) is 10.2 Å². The first-order valence-electron chi connectivity index (χ1n) is 5.66. The third kappa shape index (κ3) is 3.76. The highest BCUT2D eigenvalue weighted by molar-refractivity contribution is 6.29. The Morgan fingerprint density at radius 2 is 2.00 bits per heavy atom. The van der Waals surface area contributed by atoms with E-state index in [0.717, 1.165) is 5.56 Å². The third-order valence-electron chi connectivity index (χ3n) is 2.36. The van der Waals surface area contributed by atoms with Crippen molar-refractivity contribution >= 4 is 29.6 Å². The SMILES string of the molecule is COC(=O)c1ccc(/C=N/Nc2ccc(Cl)nn2)cc1. The Kier molecular flexibility index (Phi) is 4.62. The lowest BCUT2D eigenvalue weighted by molar-refractivity contribution is 0.0601. The van der Waals surface area contributed by atoms with Gasteiger partial charge in [0.1, 0.15) is 0 Å². The molecule has 0 radical (unpaired) electrons. The van der Waals surface area contributed by atoms with E-state index in [0.29, 0.717) is 16.5 Å². The maximum atomic E-state index is 11.3. The number of ether oxygens (including phenoxy) is 1. The molecule has 0 aliphatic rings. The minimum absolute atomic E-state index is 0.318. The van der Waals surface area contributed by atoms with Gasteiger partial charge < -0.3 is 4.74 Å².